The monoisotopic (exact) mass is 239 g/mol. The van der Waals surface area contributed by atoms with Gasteiger partial charge >= 0.3 is 0 Å². The molecular formula is C13H21NO3. The highest BCUT2D eigenvalue weighted by molar-refractivity contribution is 5.37. The number of benzene rings is 1. The second kappa shape index (κ2) is 6.59. The van der Waals surface area contributed by atoms with Gasteiger partial charge in [-0.2, -0.15) is 0 Å². The van der Waals surface area contributed by atoms with Gasteiger partial charge in [0, 0.05) is 13.2 Å². The van der Waals surface area contributed by atoms with Gasteiger partial charge < -0.3 is 20.3 Å². The van der Waals surface area contributed by atoms with Crippen LogP contribution < -0.4 is 10.5 Å². The maximum Gasteiger partial charge on any atom is 0.122 e. The third-order valence-electron chi connectivity index (χ3n) is 2.52. The molecule has 0 aliphatic carbocycles. The normalized spacial score (nSPS) is 14.4. The number of methoxy groups -OCH3 is 1. The van der Waals surface area contributed by atoms with Crippen LogP contribution in [0.5, 0.6) is 5.75 Å². The number of hydrogen-bond acceptors (Lipinski definition) is 4. The van der Waals surface area contributed by atoms with Crippen molar-refractivity contribution in [3.63, 3.8) is 0 Å². The van der Waals surface area contributed by atoms with Crippen LogP contribution in [0, 0.1) is 6.92 Å². The van der Waals surface area contributed by atoms with Crippen molar-refractivity contribution >= 4 is 0 Å². The molecule has 2 atom stereocenters. The fourth-order valence-corrected chi connectivity index (χ4v) is 1.54. The van der Waals surface area contributed by atoms with Crippen molar-refractivity contribution in [1.82, 2.24) is 0 Å². The number of rotatable bonds is 6. The summed E-state index contributed by atoms with van der Waals surface area (Å²) in [5.41, 5.74) is 7.89. The first-order valence-electron chi connectivity index (χ1n) is 5.70. The minimum absolute atomic E-state index is 0.0156. The molecule has 1 rings (SSSR count). The van der Waals surface area contributed by atoms with Crippen LogP contribution in [-0.2, 0) is 4.74 Å². The predicted octanol–water partition coefficient (Wildman–Crippen LogP) is 1.40. The Morgan fingerprint density at radius 3 is 2.59 bits per heavy atom. The van der Waals surface area contributed by atoms with Crippen molar-refractivity contribution in [2.24, 2.45) is 5.73 Å². The summed E-state index contributed by atoms with van der Waals surface area (Å²) in [6.07, 6.45) is -0.604. The second-order valence-corrected chi connectivity index (χ2v) is 4.23. The van der Waals surface area contributed by atoms with E-state index in [0.717, 1.165) is 16.9 Å². The van der Waals surface area contributed by atoms with Crippen LogP contribution in [0.2, 0.25) is 0 Å². The van der Waals surface area contributed by atoms with Crippen molar-refractivity contribution in [2.75, 3.05) is 20.3 Å². The van der Waals surface area contributed by atoms with Crippen molar-refractivity contribution in [2.45, 2.75) is 26.0 Å². The summed E-state index contributed by atoms with van der Waals surface area (Å²) in [6, 6.07) is 5.84. The quantitative estimate of drug-likeness (QED) is 0.787. The van der Waals surface area contributed by atoms with E-state index in [4.69, 9.17) is 15.2 Å². The zero-order valence-electron chi connectivity index (χ0n) is 10.6. The summed E-state index contributed by atoms with van der Waals surface area (Å²) in [4.78, 5) is 0. The van der Waals surface area contributed by atoms with Gasteiger partial charge in [0.1, 0.15) is 18.5 Å². The molecule has 96 valence electrons. The fraction of sp³-hybridized carbons (Fsp3) is 0.538. The number of hydrogen-bond donors (Lipinski definition) is 2. The molecule has 0 fully saturated rings. The van der Waals surface area contributed by atoms with E-state index in [-0.39, 0.29) is 19.3 Å². The SMILES string of the molecule is COCC(O)COc1ccc([C@H](C)N)cc1C. The Bertz CT molecular complexity index is 353. The van der Waals surface area contributed by atoms with E-state index in [9.17, 15) is 5.11 Å². The molecule has 3 N–H and O–H groups in total. The van der Waals surface area contributed by atoms with E-state index in [1.807, 2.05) is 32.0 Å². The highest BCUT2D eigenvalue weighted by Crippen LogP contribution is 2.21. The highest BCUT2D eigenvalue weighted by Gasteiger charge is 2.07. The summed E-state index contributed by atoms with van der Waals surface area (Å²) >= 11 is 0. The molecule has 0 heterocycles. The first-order valence-corrected chi connectivity index (χ1v) is 5.70. The minimum Gasteiger partial charge on any atom is -0.491 e. The Morgan fingerprint density at radius 2 is 2.06 bits per heavy atom. The van der Waals surface area contributed by atoms with Crippen molar-refractivity contribution in [1.29, 1.82) is 0 Å². The predicted molar refractivity (Wildman–Crippen MR) is 67.2 cm³/mol. The molecule has 0 saturated heterocycles. The molecule has 0 bridgehead atoms. The summed E-state index contributed by atoms with van der Waals surface area (Å²) < 4.78 is 10.3. The zero-order chi connectivity index (χ0) is 12.8. The van der Waals surface area contributed by atoms with Crippen LogP contribution in [0.15, 0.2) is 18.2 Å². The van der Waals surface area contributed by atoms with Gasteiger partial charge in [-0.05, 0) is 31.0 Å². The summed E-state index contributed by atoms with van der Waals surface area (Å²) in [5.74, 6) is 0.768. The van der Waals surface area contributed by atoms with E-state index >= 15 is 0 Å². The first-order chi connectivity index (χ1) is 8.04. The van der Waals surface area contributed by atoms with Gasteiger partial charge in [-0.15, -0.1) is 0 Å². The van der Waals surface area contributed by atoms with Crippen molar-refractivity contribution in [3.05, 3.63) is 29.3 Å². The smallest absolute Gasteiger partial charge is 0.122 e. The molecule has 1 aromatic carbocycles. The lowest BCUT2D eigenvalue weighted by molar-refractivity contribution is 0.0324. The summed E-state index contributed by atoms with van der Waals surface area (Å²) in [5, 5.41) is 9.47. The molecule has 0 aliphatic rings. The average Bonchev–Trinajstić information content (AvgIpc) is 2.27. The van der Waals surface area contributed by atoms with Crippen LogP contribution in [0.3, 0.4) is 0 Å². The lowest BCUT2D eigenvalue weighted by Crippen LogP contribution is -2.22. The average molecular weight is 239 g/mol. The van der Waals surface area contributed by atoms with E-state index < -0.39 is 6.10 Å². The number of nitrogens with two attached hydrogens (primary N) is 1. The molecule has 0 amide bonds. The van der Waals surface area contributed by atoms with Crippen LogP contribution >= 0.6 is 0 Å². The third kappa shape index (κ3) is 4.34. The molecule has 0 aliphatic heterocycles. The van der Waals surface area contributed by atoms with E-state index in [2.05, 4.69) is 0 Å². The Hall–Kier alpha value is -1.10. The highest BCUT2D eigenvalue weighted by atomic mass is 16.5. The molecule has 0 aromatic heterocycles. The van der Waals surface area contributed by atoms with Gasteiger partial charge in [-0.1, -0.05) is 12.1 Å². The molecule has 1 aromatic rings. The second-order valence-electron chi connectivity index (χ2n) is 4.23. The number of ether oxygens (including phenoxy) is 2. The van der Waals surface area contributed by atoms with Gasteiger partial charge in [0.15, 0.2) is 0 Å². The van der Waals surface area contributed by atoms with Gasteiger partial charge in [0.25, 0.3) is 0 Å². The van der Waals surface area contributed by atoms with E-state index in [1.54, 1.807) is 7.11 Å². The minimum atomic E-state index is -0.604. The van der Waals surface area contributed by atoms with Gasteiger partial charge in [0.05, 0.1) is 6.61 Å². The molecule has 0 saturated carbocycles. The molecule has 4 heteroatoms. The van der Waals surface area contributed by atoms with Crippen molar-refractivity contribution in [3.8, 4) is 5.75 Å². The van der Waals surface area contributed by atoms with Crippen molar-refractivity contribution < 1.29 is 14.6 Å². The standard InChI is InChI=1S/C13H21NO3/c1-9-6-11(10(2)14)4-5-13(9)17-8-12(15)7-16-3/h4-6,10,12,15H,7-8,14H2,1-3H3/t10-,12?/m0/s1. The van der Waals surface area contributed by atoms with Gasteiger partial charge in [-0.3, -0.25) is 0 Å². The molecule has 0 radical (unpaired) electrons. The molecule has 17 heavy (non-hydrogen) atoms. The Labute approximate surface area is 102 Å². The maximum absolute atomic E-state index is 9.47. The third-order valence-corrected chi connectivity index (χ3v) is 2.52. The molecule has 1 unspecified atom stereocenters. The number of aryl methyl sites for hydroxylation is 1. The summed E-state index contributed by atoms with van der Waals surface area (Å²) in [6.45, 7) is 4.41. The Morgan fingerprint density at radius 1 is 1.35 bits per heavy atom. The van der Waals surface area contributed by atoms with Gasteiger partial charge in [-0.25, -0.2) is 0 Å². The lowest BCUT2D eigenvalue weighted by Gasteiger charge is -2.14. The maximum atomic E-state index is 9.47. The topological polar surface area (TPSA) is 64.7 Å². The van der Waals surface area contributed by atoms with E-state index in [1.165, 1.54) is 0 Å². The fourth-order valence-electron chi connectivity index (χ4n) is 1.54. The largest absolute Gasteiger partial charge is 0.491 e. The Balaban J connectivity index is 2.60. The van der Waals surface area contributed by atoms with Crippen LogP contribution in [0.25, 0.3) is 0 Å². The van der Waals surface area contributed by atoms with Crippen LogP contribution in [-0.4, -0.2) is 31.5 Å². The zero-order valence-corrected chi connectivity index (χ0v) is 10.6. The van der Waals surface area contributed by atoms with Crippen LogP contribution in [0.1, 0.15) is 24.1 Å². The number of aliphatic hydroxyl groups excluding tert-OH is 1. The molecule has 0 spiro atoms. The summed E-state index contributed by atoms with van der Waals surface area (Å²) in [7, 11) is 1.55. The number of aliphatic hydroxyl groups is 1. The van der Waals surface area contributed by atoms with E-state index in [0.29, 0.717) is 0 Å². The molecular weight excluding hydrogens is 218 g/mol. The first kappa shape index (κ1) is 14.0. The van der Waals surface area contributed by atoms with Gasteiger partial charge in [0.2, 0.25) is 0 Å². The molecule has 4 nitrogen and oxygen atoms in total. The van der Waals surface area contributed by atoms with Crippen LogP contribution in [0.4, 0.5) is 0 Å². The Kier molecular flexibility index (Phi) is 5.41. The lowest BCUT2D eigenvalue weighted by atomic mass is 10.1.